The molecule has 1 aliphatic heterocycles. The van der Waals surface area contributed by atoms with Gasteiger partial charge >= 0.3 is 5.97 Å². The second kappa shape index (κ2) is 9.70. The fourth-order valence-corrected chi connectivity index (χ4v) is 3.85. The number of anilines is 1. The molecule has 3 aromatic rings. The lowest BCUT2D eigenvalue weighted by molar-refractivity contribution is -0.149. The zero-order chi connectivity index (χ0) is 23.4. The third kappa shape index (κ3) is 5.12. The van der Waals surface area contributed by atoms with Crippen molar-refractivity contribution in [3.05, 3.63) is 60.0 Å². The predicted molar refractivity (Wildman–Crippen MR) is 120 cm³/mol. The zero-order valence-corrected chi connectivity index (χ0v) is 17.9. The van der Waals surface area contributed by atoms with Gasteiger partial charge in [0, 0.05) is 12.7 Å². The summed E-state index contributed by atoms with van der Waals surface area (Å²) >= 11 is 0. The van der Waals surface area contributed by atoms with Crippen LogP contribution in [0.25, 0.3) is 11.0 Å². The minimum Gasteiger partial charge on any atom is -0.480 e. The summed E-state index contributed by atoms with van der Waals surface area (Å²) in [6.07, 6.45) is 2.41. The maximum Gasteiger partial charge on any atom is 0.317 e. The summed E-state index contributed by atoms with van der Waals surface area (Å²) < 4.78 is 5.68. The van der Waals surface area contributed by atoms with Crippen molar-refractivity contribution in [1.29, 1.82) is 0 Å². The number of nitrogens with two attached hydrogens (primary N) is 1. The zero-order valence-electron chi connectivity index (χ0n) is 17.9. The minimum absolute atomic E-state index is 0.149. The molecule has 0 unspecified atom stereocenters. The average molecular weight is 451 g/mol. The van der Waals surface area contributed by atoms with E-state index in [1.807, 2.05) is 30.3 Å². The molecule has 2 aromatic heterocycles. The summed E-state index contributed by atoms with van der Waals surface area (Å²) in [4.78, 5) is 42.4. The van der Waals surface area contributed by atoms with Gasteiger partial charge in [-0.1, -0.05) is 30.3 Å². The summed E-state index contributed by atoms with van der Waals surface area (Å²) in [5.41, 5.74) is 7.32. The summed E-state index contributed by atoms with van der Waals surface area (Å²) in [5, 5.41) is 15.3. The van der Waals surface area contributed by atoms with Gasteiger partial charge in [0.15, 0.2) is 0 Å². The van der Waals surface area contributed by atoms with Gasteiger partial charge in [-0.3, -0.25) is 19.7 Å². The molecule has 0 bridgehead atoms. The van der Waals surface area contributed by atoms with Gasteiger partial charge in [-0.05, 0) is 30.5 Å². The molecule has 0 aliphatic carbocycles. The number of nitrogens with zero attached hydrogens (tertiary/aromatic N) is 2. The minimum atomic E-state index is -1.06. The molecule has 1 aliphatic rings. The lowest BCUT2D eigenvalue weighted by atomic mass is 9.97. The van der Waals surface area contributed by atoms with Gasteiger partial charge in [0.1, 0.15) is 23.2 Å². The molecule has 4 rings (SSSR count). The van der Waals surface area contributed by atoms with Crippen molar-refractivity contribution in [2.75, 3.05) is 18.8 Å². The van der Waals surface area contributed by atoms with Gasteiger partial charge in [-0.25, -0.2) is 4.98 Å². The van der Waals surface area contributed by atoms with Crippen LogP contribution in [0.2, 0.25) is 0 Å². The number of carboxylic acids is 1. The Morgan fingerprint density at radius 1 is 1.24 bits per heavy atom. The quantitative estimate of drug-likeness (QED) is 0.375. The Balaban J connectivity index is 1.38. The average Bonchev–Trinajstić information content (AvgIpc) is 3.19. The Morgan fingerprint density at radius 2 is 2.03 bits per heavy atom. The number of furan rings is 1. The standard InChI is InChI=1S/C23H25N5O5/c24-21-16-11-15(33-19(16)6-8-25-21)12-27-22(31)18-7-9-28(18)23(32)17(26-13-20(29)30)10-14-4-2-1-3-5-14/h1-6,8,11,17-18,26H,7,9-10,12-13H2,(H2,24,25)(H,27,31)(H,29,30)/t17-,18+/m1/s1. The van der Waals surface area contributed by atoms with Crippen LogP contribution >= 0.6 is 0 Å². The smallest absolute Gasteiger partial charge is 0.317 e. The number of nitrogen functional groups attached to an aromatic ring is 1. The molecule has 0 spiro atoms. The molecule has 3 heterocycles. The number of rotatable bonds is 9. The number of pyridine rings is 1. The number of benzene rings is 1. The van der Waals surface area contributed by atoms with Crippen LogP contribution in [0, 0.1) is 0 Å². The molecule has 2 atom stereocenters. The normalized spacial score (nSPS) is 16.2. The molecule has 1 saturated heterocycles. The first kappa shape index (κ1) is 22.3. The van der Waals surface area contributed by atoms with Crippen molar-refractivity contribution in [3.8, 4) is 0 Å². The second-order valence-electron chi connectivity index (χ2n) is 7.89. The van der Waals surface area contributed by atoms with E-state index in [0.29, 0.717) is 41.9 Å². The molecule has 1 aromatic carbocycles. The van der Waals surface area contributed by atoms with Crippen LogP contribution in [0.4, 0.5) is 5.82 Å². The number of carbonyl (C=O) groups is 3. The van der Waals surface area contributed by atoms with Gasteiger partial charge < -0.3 is 25.5 Å². The van der Waals surface area contributed by atoms with Crippen LogP contribution in [-0.4, -0.2) is 57.9 Å². The maximum atomic E-state index is 13.1. The van der Waals surface area contributed by atoms with E-state index in [-0.39, 0.29) is 24.9 Å². The van der Waals surface area contributed by atoms with Gasteiger partial charge in [-0.15, -0.1) is 0 Å². The number of likely N-dealkylation sites (tertiary alicyclic amines) is 1. The Hall–Kier alpha value is -3.92. The number of carbonyl (C=O) groups excluding carboxylic acids is 2. The van der Waals surface area contributed by atoms with Crippen LogP contribution in [0.3, 0.4) is 0 Å². The van der Waals surface area contributed by atoms with Gasteiger partial charge in [0.25, 0.3) is 0 Å². The number of hydrogen-bond acceptors (Lipinski definition) is 7. The Bertz CT molecular complexity index is 1160. The number of amides is 2. The van der Waals surface area contributed by atoms with Crippen LogP contribution < -0.4 is 16.4 Å². The molecule has 172 valence electrons. The van der Waals surface area contributed by atoms with E-state index in [1.165, 1.54) is 4.90 Å². The molecular formula is C23H25N5O5. The Labute approximate surface area is 189 Å². The van der Waals surface area contributed by atoms with E-state index < -0.39 is 18.1 Å². The first-order valence-electron chi connectivity index (χ1n) is 10.6. The lowest BCUT2D eigenvalue weighted by Crippen LogP contribution is -2.62. The monoisotopic (exact) mass is 451 g/mol. The van der Waals surface area contributed by atoms with Crippen molar-refractivity contribution in [2.45, 2.75) is 31.5 Å². The number of nitrogens with one attached hydrogen (secondary N) is 2. The number of aliphatic carboxylic acids is 1. The molecule has 0 saturated carbocycles. The predicted octanol–water partition coefficient (Wildman–Crippen LogP) is 0.913. The molecule has 1 fully saturated rings. The van der Waals surface area contributed by atoms with Crippen LogP contribution in [0.5, 0.6) is 0 Å². The topological polar surface area (TPSA) is 151 Å². The van der Waals surface area contributed by atoms with E-state index >= 15 is 0 Å². The van der Waals surface area contributed by atoms with Gasteiger partial charge in [-0.2, -0.15) is 0 Å². The highest BCUT2D eigenvalue weighted by atomic mass is 16.4. The Kier molecular flexibility index (Phi) is 6.55. The van der Waals surface area contributed by atoms with Crippen molar-refractivity contribution in [1.82, 2.24) is 20.5 Å². The summed E-state index contributed by atoms with van der Waals surface area (Å²) in [6, 6.07) is 11.4. The van der Waals surface area contributed by atoms with Crippen molar-refractivity contribution in [2.24, 2.45) is 0 Å². The lowest BCUT2D eigenvalue weighted by Gasteiger charge is -2.41. The van der Waals surface area contributed by atoms with E-state index in [2.05, 4.69) is 15.6 Å². The molecular weight excluding hydrogens is 426 g/mol. The van der Waals surface area contributed by atoms with E-state index in [4.69, 9.17) is 15.3 Å². The van der Waals surface area contributed by atoms with E-state index in [1.54, 1.807) is 18.3 Å². The second-order valence-corrected chi connectivity index (χ2v) is 7.89. The first-order valence-corrected chi connectivity index (χ1v) is 10.6. The summed E-state index contributed by atoms with van der Waals surface area (Å²) in [7, 11) is 0. The van der Waals surface area contributed by atoms with Crippen molar-refractivity contribution >= 4 is 34.6 Å². The van der Waals surface area contributed by atoms with Crippen molar-refractivity contribution in [3.63, 3.8) is 0 Å². The third-order valence-electron chi connectivity index (χ3n) is 5.65. The van der Waals surface area contributed by atoms with Crippen molar-refractivity contribution < 1.29 is 23.9 Å². The summed E-state index contributed by atoms with van der Waals surface area (Å²) in [5.74, 6) is -0.768. The highest BCUT2D eigenvalue weighted by Crippen LogP contribution is 2.24. The fraction of sp³-hybridized carbons (Fsp3) is 0.304. The number of hydrogen-bond donors (Lipinski definition) is 4. The molecule has 10 nitrogen and oxygen atoms in total. The van der Waals surface area contributed by atoms with Gasteiger partial charge in [0.2, 0.25) is 11.8 Å². The molecule has 0 radical (unpaired) electrons. The number of aromatic nitrogens is 1. The first-order chi connectivity index (χ1) is 15.9. The molecule has 10 heteroatoms. The largest absolute Gasteiger partial charge is 0.480 e. The fourth-order valence-electron chi connectivity index (χ4n) is 3.85. The van der Waals surface area contributed by atoms with Crippen LogP contribution in [0.1, 0.15) is 17.7 Å². The van der Waals surface area contributed by atoms with E-state index in [0.717, 1.165) is 5.56 Å². The SMILES string of the molecule is Nc1nccc2oc(CNC(=O)[C@@H]3CCN3C(=O)[C@@H](Cc3ccccc3)NCC(=O)O)cc12. The molecule has 5 N–H and O–H groups in total. The Morgan fingerprint density at radius 3 is 2.70 bits per heavy atom. The summed E-state index contributed by atoms with van der Waals surface area (Å²) in [6.45, 7) is 0.234. The maximum absolute atomic E-state index is 13.1. The third-order valence-corrected chi connectivity index (χ3v) is 5.65. The number of carboxylic acid groups (broad SMARTS) is 1. The van der Waals surface area contributed by atoms with Crippen LogP contribution in [-0.2, 0) is 27.3 Å². The molecule has 2 amide bonds. The number of fused-ring (bicyclic) bond motifs is 1. The van der Waals surface area contributed by atoms with Gasteiger partial charge in [0.05, 0.1) is 24.5 Å². The molecule has 33 heavy (non-hydrogen) atoms. The highest BCUT2D eigenvalue weighted by molar-refractivity contribution is 5.92. The van der Waals surface area contributed by atoms with E-state index in [9.17, 15) is 14.4 Å². The highest BCUT2D eigenvalue weighted by Gasteiger charge is 2.40. The van der Waals surface area contributed by atoms with Crippen LogP contribution in [0.15, 0.2) is 53.1 Å².